The number of amides is 1. The lowest BCUT2D eigenvalue weighted by Gasteiger charge is -2.39. The van der Waals surface area contributed by atoms with Crippen molar-refractivity contribution >= 4 is 5.91 Å². The van der Waals surface area contributed by atoms with Crippen LogP contribution in [0.15, 0.2) is 6.20 Å². The molecule has 1 atom stereocenters. The fraction of sp³-hybridized carbons (Fsp3) is 0.824. The molecule has 6 heteroatoms. The second kappa shape index (κ2) is 7.90. The number of hydrogen-bond acceptors (Lipinski definition) is 4. The predicted molar refractivity (Wildman–Crippen MR) is 87.0 cm³/mol. The van der Waals surface area contributed by atoms with Crippen LogP contribution in [0, 0.1) is 5.92 Å². The van der Waals surface area contributed by atoms with Gasteiger partial charge in [-0.25, -0.2) is 4.68 Å². The Labute approximate surface area is 138 Å². The van der Waals surface area contributed by atoms with Gasteiger partial charge in [0.25, 0.3) is 0 Å². The third kappa shape index (κ3) is 4.31. The minimum atomic E-state index is 0.264. The quantitative estimate of drug-likeness (QED) is 0.723. The standard InChI is InChI=1S/C17H28N4O2/c1-2-3-4-7-15-10-21(19-18-15)16-11-20(12-16)17(22)9-14-6-5-8-23-13-14/h10,14,16H,2-9,11-13H2,1H3. The number of nitrogens with zero attached hydrogens (tertiary/aromatic N) is 4. The van der Waals surface area contributed by atoms with Crippen LogP contribution in [0.25, 0.3) is 0 Å². The number of carbonyl (C=O) groups is 1. The monoisotopic (exact) mass is 320 g/mol. The summed E-state index contributed by atoms with van der Waals surface area (Å²) in [6, 6.07) is 0.300. The minimum Gasteiger partial charge on any atom is -0.381 e. The average Bonchev–Trinajstić information content (AvgIpc) is 2.95. The number of aromatic nitrogens is 3. The lowest BCUT2D eigenvalue weighted by molar-refractivity contribution is -0.139. The molecule has 0 saturated carbocycles. The van der Waals surface area contributed by atoms with Crippen LogP contribution in [0.5, 0.6) is 0 Å². The Morgan fingerprint density at radius 3 is 3.00 bits per heavy atom. The van der Waals surface area contributed by atoms with Crippen molar-refractivity contribution in [1.29, 1.82) is 0 Å². The molecule has 128 valence electrons. The molecule has 0 radical (unpaired) electrons. The SMILES string of the molecule is CCCCCc1cn(C2CN(C(=O)CC3CCCOC3)C2)nn1. The lowest BCUT2D eigenvalue weighted by atomic mass is 9.96. The third-order valence-electron chi connectivity index (χ3n) is 4.90. The second-order valence-corrected chi connectivity index (χ2v) is 6.89. The van der Waals surface area contributed by atoms with E-state index in [0.29, 0.717) is 18.4 Å². The Bertz CT molecular complexity index is 504. The summed E-state index contributed by atoms with van der Waals surface area (Å²) in [7, 11) is 0. The van der Waals surface area contributed by atoms with E-state index in [2.05, 4.69) is 23.4 Å². The van der Waals surface area contributed by atoms with E-state index in [0.717, 1.165) is 51.3 Å². The topological polar surface area (TPSA) is 60.2 Å². The van der Waals surface area contributed by atoms with Gasteiger partial charge in [0.15, 0.2) is 0 Å². The summed E-state index contributed by atoms with van der Waals surface area (Å²) in [5.74, 6) is 0.673. The summed E-state index contributed by atoms with van der Waals surface area (Å²) in [6.07, 6.45) is 9.53. The zero-order valence-corrected chi connectivity index (χ0v) is 14.1. The number of carbonyl (C=O) groups excluding carboxylic acids is 1. The average molecular weight is 320 g/mol. The summed E-state index contributed by atoms with van der Waals surface area (Å²) >= 11 is 0. The van der Waals surface area contributed by atoms with E-state index < -0.39 is 0 Å². The van der Waals surface area contributed by atoms with Crippen molar-refractivity contribution in [3.63, 3.8) is 0 Å². The zero-order chi connectivity index (χ0) is 16.1. The van der Waals surface area contributed by atoms with Crippen LogP contribution in [0.1, 0.15) is 57.2 Å². The molecule has 2 aliphatic heterocycles. The first kappa shape index (κ1) is 16.4. The van der Waals surface area contributed by atoms with Gasteiger partial charge in [-0.2, -0.15) is 0 Å². The smallest absolute Gasteiger partial charge is 0.223 e. The van der Waals surface area contributed by atoms with Crippen molar-refractivity contribution in [2.45, 2.75) is 57.9 Å². The van der Waals surface area contributed by atoms with Gasteiger partial charge in [0.1, 0.15) is 0 Å². The molecule has 1 unspecified atom stereocenters. The van der Waals surface area contributed by atoms with Crippen LogP contribution in [0.2, 0.25) is 0 Å². The Kier molecular flexibility index (Phi) is 5.65. The first-order chi connectivity index (χ1) is 11.3. The van der Waals surface area contributed by atoms with Crippen molar-refractivity contribution in [3.8, 4) is 0 Å². The van der Waals surface area contributed by atoms with Crippen molar-refractivity contribution in [3.05, 3.63) is 11.9 Å². The number of rotatable bonds is 7. The first-order valence-electron chi connectivity index (χ1n) is 9.02. The maximum atomic E-state index is 12.3. The number of aryl methyl sites for hydroxylation is 1. The van der Waals surface area contributed by atoms with Gasteiger partial charge in [0, 0.05) is 38.9 Å². The Morgan fingerprint density at radius 1 is 1.39 bits per heavy atom. The second-order valence-electron chi connectivity index (χ2n) is 6.89. The maximum absolute atomic E-state index is 12.3. The van der Waals surface area contributed by atoms with Crippen LogP contribution in [-0.2, 0) is 16.0 Å². The van der Waals surface area contributed by atoms with E-state index in [4.69, 9.17) is 4.74 Å². The molecule has 0 aromatic carbocycles. The molecule has 3 rings (SSSR count). The van der Waals surface area contributed by atoms with Crippen LogP contribution >= 0.6 is 0 Å². The molecule has 1 aromatic rings. The molecule has 0 bridgehead atoms. The molecular weight excluding hydrogens is 292 g/mol. The van der Waals surface area contributed by atoms with E-state index >= 15 is 0 Å². The van der Waals surface area contributed by atoms with Crippen LogP contribution < -0.4 is 0 Å². The molecule has 0 spiro atoms. The van der Waals surface area contributed by atoms with Gasteiger partial charge in [0.05, 0.1) is 11.7 Å². The molecule has 2 saturated heterocycles. The molecular formula is C17H28N4O2. The molecule has 3 heterocycles. The molecule has 6 nitrogen and oxygen atoms in total. The Balaban J connectivity index is 1.40. The van der Waals surface area contributed by atoms with Gasteiger partial charge in [-0.05, 0) is 31.6 Å². The van der Waals surface area contributed by atoms with Gasteiger partial charge >= 0.3 is 0 Å². The molecule has 0 aliphatic carbocycles. The van der Waals surface area contributed by atoms with Crippen LogP contribution in [-0.4, -0.2) is 52.1 Å². The minimum absolute atomic E-state index is 0.264. The van der Waals surface area contributed by atoms with E-state index in [-0.39, 0.29) is 5.91 Å². The third-order valence-corrected chi connectivity index (χ3v) is 4.90. The van der Waals surface area contributed by atoms with E-state index in [9.17, 15) is 4.79 Å². The van der Waals surface area contributed by atoms with Gasteiger partial charge in [-0.15, -0.1) is 5.10 Å². The molecule has 2 fully saturated rings. The molecule has 2 aliphatic rings. The summed E-state index contributed by atoms with van der Waals surface area (Å²) in [6.45, 7) is 5.33. The zero-order valence-electron chi connectivity index (χ0n) is 14.1. The fourth-order valence-corrected chi connectivity index (χ4v) is 3.33. The predicted octanol–water partition coefficient (Wildman–Crippen LogP) is 2.21. The van der Waals surface area contributed by atoms with Gasteiger partial charge in [-0.3, -0.25) is 4.79 Å². The van der Waals surface area contributed by atoms with Crippen molar-refractivity contribution < 1.29 is 9.53 Å². The highest BCUT2D eigenvalue weighted by molar-refractivity contribution is 5.77. The maximum Gasteiger partial charge on any atom is 0.223 e. The van der Waals surface area contributed by atoms with Crippen molar-refractivity contribution in [2.24, 2.45) is 5.92 Å². The number of hydrogen-bond donors (Lipinski definition) is 0. The van der Waals surface area contributed by atoms with E-state index in [1.165, 1.54) is 19.3 Å². The van der Waals surface area contributed by atoms with Crippen molar-refractivity contribution in [2.75, 3.05) is 26.3 Å². The van der Waals surface area contributed by atoms with Gasteiger partial charge < -0.3 is 9.64 Å². The highest BCUT2D eigenvalue weighted by atomic mass is 16.5. The van der Waals surface area contributed by atoms with Crippen molar-refractivity contribution in [1.82, 2.24) is 19.9 Å². The van der Waals surface area contributed by atoms with Gasteiger partial charge in [0.2, 0.25) is 5.91 Å². The summed E-state index contributed by atoms with van der Waals surface area (Å²) < 4.78 is 7.39. The molecule has 23 heavy (non-hydrogen) atoms. The molecule has 1 amide bonds. The lowest BCUT2D eigenvalue weighted by Crippen LogP contribution is -2.51. The number of ether oxygens (including phenoxy) is 1. The van der Waals surface area contributed by atoms with Crippen LogP contribution in [0.4, 0.5) is 0 Å². The molecule has 1 aromatic heterocycles. The highest BCUT2D eigenvalue weighted by Crippen LogP contribution is 2.24. The van der Waals surface area contributed by atoms with E-state index in [1.54, 1.807) is 0 Å². The number of likely N-dealkylation sites (tertiary alicyclic amines) is 1. The largest absolute Gasteiger partial charge is 0.381 e. The van der Waals surface area contributed by atoms with Gasteiger partial charge in [-0.1, -0.05) is 25.0 Å². The highest BCUT2D eigenvalue weighted by Gasteiger charge is 2.33. The van der Waals surface area contributed by atoms with E-state index in [1.807, 2.05) is 9.58 Å². The summed E-state index contributed by atoms with van der Waals surface area (Å²) in [5, 5.41) is 8.48. The fourth-order valence-electron chi connectivity index (χ4n) is 3.33. The Hall–Kier alpha value is -1.43. The normalized spacial score (nSPS) is 22.1. The summed E-state index contributed by atoms with van der Waals surface area (Å²) in [5.41, 5.74) is 1.07. The summed E-state index contributed by atoms with van der Waals surface area (Å²) in [4.78, 5) is 14.2. The Morgan fingerprint density at radius 2 is 2.26 bits per heavy atom. The first-order valence-corrected chi connectivity index (χ1v) is 9.02. The van der Waals surface area contributed by atoms with Crippen LogP contribution in [0.3, 0.4) is 0 Å². The molecule has 0 N–H and O–H groups in total. The number of unbranched alkanes of at least 4 members (excludes halogenated alkanes) is 2.